The second kappa shape index (κ2) is 4.64. The Labute approximate surface area is 153 Å². The molecule has 3 aliphatic rings. The van der Waals surface area contributed by atoms with Crippen LogP contribution in [0.25, 0.3) is 0 Å². The van der Waals surface area contributed by atoms with Crippen LogP contribution in [0.15, 0.2) is 48.5 Å². The van der Waals surface area contributed by atoms with Crippen molar-refractivity contribution in [2.45, 2.75) is 41.7 Å². The van der Waals surface area contributed by atoms with Crippen LogP contribution in [0.3, 0.4) is 0 Å². The van der Waals surface area contributed by atoms with Gasteiger partial charge < -0.3 is 4.90 Å². The maximum atomic E-state index is 5.96. The van der Waals surface area contributed by atoms with E-state index in [4.69, 9.17) is 12.2 Å². The number of thioether (sulfide) groups is 1. The topological polar surface area (TPSA) is 3.24 Å². The van der Waals surface area contributed by atoms with Crippen LogP contribution in [0.2, 0.25) is 0 Å². The molecule has 2 aliphatic heterocycles. The summed E-state index contributed by atoms with van der Waals surface area (Å²) in [5, 5.41) is 0.682. The Kier molecular flexibility index (Phi) is 2.90. The molecule has 0 bridgehead atoms. The molecule has 1 spiro atoms. The second-order valence-corrected chi connectivity index (χ2v) is 9.62. The first kappa shape index (κ1) is 15.0. The van der Waals surface area contributed by atoms with E-state index in [2.05, 4.69) is 86.1 Å². The van der Waals surface area contributed by atoms with Crippen molar-refractivity contribution < 1.29 is 0 Å². The smallest absolute Gasteiger partial charge is 0.120 e. The van der Waals surface area contributed by atoms with Gasteiger partial charge in [-0.1, -0.05) is 60.7 Å². The molecule has 0 aromatic heterocycles. The van der Waals surface area contributed by atoms with Crippen molar-refractivity contribution in [3.05, 3.63) is 70.8 Å². The van der Waals surface area contributed by atoms with Crippen molar-refractivity contribution in [1.82, 2.24) is 4.90 Å². The van der Waals surface area contributed by atoms with Gasteiger partial charge in [-0.05, 0) is 42.5 Å². The van der Waals surface area contributed by atoms with Crippen LogP contribution < -0.4 is 0 Å². The summed E-state index contributed by atoms with van der Waals surface area (Å²) in [5.41, 5.74) is 5.84. The molecule has 0 saturated carbocycles. The van der Waals surface area contributed by atoms with Crippen molar-refractivity contribution in [3.63, 3.8) is 0 Å². The summed E-state index contributed by atoms with van der Waals surface area (Å²) in [7, 11) is 2.21. The third-order valence-electron chi connectivity index (χ3n) is 6.26. The highest BCUT2D eigenvalue weighted by Crippen LogP contribution is 2.70. The molecule has 122 valence electrons. The van der Waals surface area contributed by atoms with E-state index < -0.39 is 0 Å². The summed E-state index contributed by atoms with van der Waals surface area (Å²) in [6, 6.07) is 18.0. The maximum absolute atomic E-state index is 5.96. The van der Waals surface area contributed by atoms with Gasteiger partial charge in [-0.2, -0.15) is 0 Å². The molecule has 1 fully saturated rings. The number of fused-ring (bicyclic) bond motifs is 6. The third kappa shape index (κ3) is 1.56. The van der Waals surface area contributed by atoms with E-state index in [0.717, 1.165) is 4.99 Å². The molecule has 2 heterocycles. The molecule has 2 aromatic carbocycles. The van der Waals surface area contributed by atoms with Crippen molar-refractivity contribution in [1.29, 1.82) is 0 Å². The van der Waals surface area contributed by atoms with Gasteiger partial charge in [-0.15, -0.1) is 11.8 Å². The van der Waals surface area contributed by atoms with E-state index in [1.807, 2.05) is 0 Å². The van der Waals surface area contributed by atoms with Gasteiger partial charge in [-0.3, -0.25) is 0 Å². The van der Waals surface area contributed by atoms with Gasteiger partial charge in [0.05, 0.1) is 4.99 Å². The fraction of sp³-hybridized carbons (Fsp3) is 0.381. The Hall–Kier alpha value is -1.32. The van der Waals surface area contributed by atoms with E-state index in [1.165, 1.54) is 28.7 Å². The molecule has 0 radical (unpaired) electrons. The van der Waals surface area contributed by atoms with Gasteiger partial charge >= 0.3 is 0 Å². The van der Waals surface area contributed by atoms with Crippen LogP contribution in [0.5, 0.6) is 0 Å². The van der Waals surface area contributed by atoms with Gasteiger partial charge in [-0.25, -0.2) is 0 Å². The van der Waals surface area contributed by atoms with Crippen LogP contribution in [-0.2, 0) is 16.7 Å². The Bertz CT molecular complexity index is 872. The number of hydrogen-bond donors (Lipinski definition) is 0. The number of nitrogens with zero attached hydrogens (tertiary/aromatic N) is 1. The fourth-order valence-electron chi connectivity index (χ4n) is 5.09. The lowest BCUT2D eigenvalue weighted by molar-refractivity contribution is 0.224. The van der Waals surface area contributed by atoms with Crippen molar-refractivity contribution in [2.75, 3.05) is 7.05 Å². The summed E-state index contributed by atoms with van der Waals surface area (Å²) in [6.07, 6.45) is 1.19. The molecule has 1 saturated heterocycles. The molecule has 1 nitrogen and oxygen atoms in total. The van der Waals surface area contributed by atoms with E-state index in [1.54, 1.807) is 0 Å². The SMILES string of the molecule is CN1C(=S)C(C)(C)c2ccccc2[C@]12SC1Cc3ccccc3C12. The predicted molar refractivity (Wildman–Crippen MR) is 106 cm³/mol. The zero-order chi connectivity index (χ0) is 16.7. The zero-order valence-electron chi connectivity index (χ0n) is 14.2. The monoisotopic (exact) mass is 351 g/mol. The van der Waals surface area contributed by atoms with Gasteiger partial charge in [0.2, 0.25) is 0 Å². The lowest BCUT2D eigenvalue weighted by Crippen LogP contribution is -2.63. The normalized spacial score (nSPS) is 32.1. The summed E-state index contributed by atoms with van der Waals surface area (Å²) >= 11 is 8.08. The summed E-state index contributed by atoms with van der Waals surface area (Å²) in [4.78, 5) is 3.45. The van der Waals surface area contributed by atoms with E-state index >= 15 is 0 Å². The average Bonchev–Trinajstić information content (AvgIpc) is 2.87. The van der Waals surface area contributed by atoms with E-state index in [0.29, 0.717) is 11.2 Å². The van der Waals surface area contributed by atoms with Crippen LogP contribution in [-0.4, -0.2) is 22.2 Å². The Morgan fingerprint density at radius 3 is 2.50 bits per heavy atom. The summed E-state index contributed by atoms with van der Waals surface area (Å²) < 4.78 is 0. The van der Waals surface area contributed by atoms with Crippen molar-refractivity contribution in [3.8, 4) is 0 Å². The first-order chi connectivity index (χ1) is 11.5. The highest BCUT2D eigenvalue weighted by molar-refractivity contribution is 8.02. The van der Waals surface area contributed by atoms with Crippen LogP contribution in [0.1, 0.15) is 42.0 Å². The standard InChI is InChI=1S/C21H21NS2/c1-20(2)15-10-6-7-11-16(15)21(22(3)19(20)23)18-14-9-5-4-8-13(14)12-17(18)24-21/h4-11,17-18H,12H2,1-3H3/t17?,18?,21-/m1/s1. The largest absolute Gasteiger partial charge is 0.349 e. The molecule has 3 atom stereocenters. The predicted octanol–water partition coefficient (Wildman–Crippen LogP) is 4.85. The third-order valence-corrected chi connectivity index (χ3v) is 8.89. The van der Waals surface area contributed by atoms with E-state index in [-0.39, 0.29) is 10.3 Å². The molecule has 2 aromatic rings. The average molecular weight is 352 g/mol. The zero-order valence-corrected chi connectivity index (χ0v) is 15.9. The number of hydrogen-bond acceptors (Lipinski definition) is 2. The summed E-state index contributed by atoms with van der Waals surface area (Å²) in [6.45, 7) is 4.53. The minimum atomic E-state index is -0.0876. The molecular formula is C21H21NS2. The lowest BCUT2D eigenvalue weighted by Gasteiger charge is -2.62. The Morgan fingerprint density at radius 1 is 1.04 bits per heavy atom. The summed E-state index contributed by atoms with van der Waals surface area (Å²) in [5.74, 6) is 0.541. The molecule has 3 heteroatoms. The molecule has 1 aliphatic carbocycles. The molecule has 5 rings (SSSR count). The first-order valence-corrected chi connectivity index (χ1v) is 9.90. The van der Waals surface area contributed by atoms with Crippen LogP contribution in [0.4, 0.5) is 0 Å². The molecule has 0 N–H and O–H groups in total. The number of thiocarbonyl (C=S) groups is 1. The van der Waals surface area contributed by atoms with Gasteiger partial charge in [0, 0.05) is 23.6 Å². The minimum Gasteiger partial charge on any atom is -0.349 e. The minimum absolute atomic E-state index is 0.0273. The molecule has 2 unspecified atom stereocenters. The van der Waals surface area contributed by atoms with Crippen molar-refractivity contribution >= 4 is 29.0 Å². The fourth-order valence-corrected chi connectivity index (χ4v) is 7.37. The molecule has 24 heavy (non-hydrogen) atoms. The maximum Gasteiger partial charge on any atom is 0.120 e. The first-order valence-electron chi connectivity index (χ1n) is 8.62. The number of benzene rings is 2. The number of rotatable bonds is 0. The lowest BCUT2D eigenvalue weighted by atomic mass is 9.71. The highest BCUT2D eigenvalue weighted by atomic mass is 32.2. The number of likely N-dealkylation sites (N-methyl/N-ethyl adjacent to an activating group) is 1. The van der Waals surface area contributed by atoms with E-state index in [9.17, 15) is 0 Å². The van der Waals surface area contributed by atoms with Crippen molar-refractivity contribution in [2.24, 2.45) is 0 Å². The Morgan fingerprint density at radius 2 is 1.71 bits per heavy atom. The van der Waals surface area contributed by atoms with Crippen LogP contribution in [0, 0.1) is 0 Å². The molecular weight excluding hydrogens is 330 g/mol. The van der Waals surface area contributed by atoms with Crippen LogP contribution >= 0.6 is 24.0 Å². The van der Waals surface area contributed by atoms with Gasteiger partial charge in [0.15, 0.2) is 0 Å². The quantitative estimate of drug-likeness (QED) is 0.625. The second-order valence-electron chi connectivity index (χ2n) is 7.77. The Balaban J connectivity index is 1.76. The van der Waals surface area contributed by atoms with Gasteiger partial charge in [0.25, 0.3) is 0 Å². The highest BCUT2D eigenvalue weighted by Gasteiger charge is 2.65. The van der Waals surface area contributed by atoms with Gasteiger partial charge in [0.1, 0.15) is 4.87 Å². The molecule has 0 amide bonds.